The predicted octanol–water partition coefficient (Wildman–Crippen LogP) is 3.44. The summed E-state index contributed by atoms with van der Waals surface area (Å²) in [5.74, 6) is -6.63. The van der Waals surface area contributed by atoms with Crippen LogP contribution in [0.1, 0.15) is 17.9 Å². The van der Waals surface area contributed by atoms with Crippen LogP contribution in [0.5, 0.6) is 0 Å². The van der Waals surface area contributed by atoms with Gasteiger partial charge in [0.25, 0.3) is 5.92 Å². The average molecular weight is 312 g/mol. The van der Waals surface area contributed by atoms with E-state index in [9.17, 15) is 17.6 Å². The van der Waals surface area contributed by atoms with Crippen LogP contribution in [0, 0.1) is 11.6 Å². The van der Waals surface area contributed by atoms with Crippen molar-refractivity contribution >= 4 is 15.9 Å². The van der Waals surface area contributed by atoms with Crippen LogP contribution >= 0.6 is 15.9 Å². The topological polar surface area (TPSA) is 12.0 Å². The molecule has 1 aromatic rings. The third-order valence-corrected chi connectivity index (χ3v) is 3.53. The fraction of sp³-hybridized carbons (Fsp3) is 0.455. The number of hydrogen-bond donors (Lipinski definition) is 1. The second kappa shape index (κ2) is 4.57. The molecule has 0 bridgehead atoms. The number of alkyl halides is 2. The molecule has 1 N–H and O–H groups in total. The van der Waals surface area contributed by atoms with E-state index < -0.39 is 30.0 Å². The van der Waals surface area contributed by atoms with Crippen LogP contribution in [-0.2, 0) is 0 Å². The molecule has 6 heteroatoms. The van der Waals surface area contributed by atoms with Gasteiger partial charge >= 0.3 is 0 Å². The van der Waals surface area contributed by atoms with E-state index in [-0.39, 0.29) is 16.5 Å². The summed E-state index contributed by atoms with van der Waals surface area (Å²) in [4.78, 5) is 0. The van der Waals surface area contributed by atoms with Gasteiger partial charge < -0.3 is 5.32 Å². The minimum Gasteiger partial charge on any atom is -0.311 e. The van der Waals surface area contributed by atoms with Crippen molar-refractivity contribution in [3.8, 4) is 0 Å². The van der Waals surface area contributed by atoms with Crippen LogP contribution < -0.4 is 5.32 Å². The summed E-state index contributed by atoms with van der Waals surface area (Å²) in [5, 5.41) is 2.54. The quantitative estimate of drug-likeness (QED) is 0.619. The second-order valence-corrected chi connectivity index (χ2v) is 4.90. The zero-order chi connectivity index (χ0) is 12.6. The van der Waals surface area contributed by atoms with Crippen molar-refractivity contribution in [3.05, 3.63) is 33.8 Å². The smallest absolute Gasteiger partial charge is 0.267 e. The number of halogens is 5. The largest absolute Gasteiger partial charge is 0.311 e. The zero-order valence-electron chi connectivity index (χ0n) is 8.74. The first kappa shape index (κ1) is 12.8. The molecule has 17 heavy (non-hydrogen) atoms. The molecule has 1 aliphatic heterocycles. The molecule has 2 rings (SSSR count). The third kappa shape index (κ3) is 2.33. The number of nitrogens with one attached hydrogen (secondary N) is 1. The van der Waals surface area contributed by atoms with Crippen molar-refractivity contribution in [3.63, 3.8) is 0 Å². The van der Waals surface area contributed by atoms with Crippen molar-refractivity contribution in [1.82, 2.24) is 5.32 Å². The van der Waals surface area contributed by atoms with E-state index in [1.807, 2.05) is 0 Å². The molecule has 1 atom stereocenters. The maximum Gasteiger partial charge on any atom is 0.267 e. The van der Waals surface area contributed by atoms with Crippen LogP contribution in [0.3, 0.4) is 0 Å². The molecule has 0 saturated carbocycles. The highest BCUT2D eigenvalue weighted by Crippen LogP contribution is 2.40. The molecule has 0 unspecified atom stereocenters. The van der Waals surface area contributed by atoms with Crippen molar-refractivity contribution < 1.29 is 17.6 Å². The first-order chi connectivity index (χ1) is 7.93. The van der Waals surface area contributed by atoms with E-state index in [2.05, 4.69) is 21.2 Å². The Morgan fingerprint density at radius 3 is 2.59 bits per heavy atom. The van der Waals surface area contributed by atoms with E-state index >= 15 is 0 Å². The molecule has 1 aliphatic rings. The van der Waals surface area contributed by atoms with Gasteiger partial charge in [0.05, 0.1) is 16.9 Å². The van der Waals surface area contributed by atoms with Crippen LogP contribution in [0.15, 0.2) is 16.6 Å². The summed E-state index contributed by atoms with van der Waals surface area (Å²) >= 11 is 2.82. The average Bonchev–Trinajstić information content (AvgIpc) is 2.27. The lowest BCUT2D eigenvalue weighted by atomic mass is 9.86. The standard InChI is InChI=1S/C11H10BrF4N/c12-8-2-1-6(9(13)10(8)14)7-3-4-17-5-11(7,15)16/h1-2,7,17H,3-5H2/t7-/m0/s1. The number of rotatable bonds is 1. The van der Waals surface area contributed by atoms with Crippen LogP contribution in [-0.4, -0.2) is 19.0 Å². The zero-order valence-corrected chi connectivity index (χ0v) is 10.3. The van der Waals surface area contributed by atoms with Gasteiger partial charge in [-0.15, -0.1) is 0 Å². The van der Waals surface area contributed by atoms with Crippen LogP contribution in [0.4, 0.5) is 17.6 Å². The monoisotopic (exact) mass is 311 g/mol. The summed E-state index contributed by atoms with van der Waals surface area (Å²) < 4.78 is 54.1. The SMILES string of the molecule is Fc1c(Br)ccc([C@@H]2CCNCC2(F)F)c1F. The Kier molecular flexibility index (Phi) is 3.45. The molecule has 1 fully saturated rings. The normalized spacial score (nSPS) is 23.7. The number of benzene rings is 1. The van der Waals surface area contributed by atoms with Gasteiger partial charge in [-0.1, -0.05) is 6.07 Å². The van der Waals surface area contributed by atoms with Gasteiger partial charge in [-0.2, -0.15) is 0 Å². The highest BCUT2D eigenvalue weighted by Gasteiger charge is 2.43. The summed E-state index contributed by atoms with van der Waals surface area (Å²) in [6.07, 6.45) is 0.0883. The molecule has 0 aliphatic carbocycles. The Morgan fingerprint density at radius 1 is 1.24 bits per heavy atom. The molecule has 0 amide bonds. The highest BCUT2D eigenvalue weighted by atomic mass is 79.9. The van der Waals surface area contributed by atoms with Crippen molar-refractivity contribution in [2.75, 3.05) is 13.1 Å². The molecule has 0 spiro atoms. The maximum absolute atomic E-state index is 13.6. The molecular weight excluding hydrogens is 302 g/mol. The lowest BCUT2D eigenvalue weighted by Crippen LogP contribution is -2.45. The lowest BCUT2D eigenvalue weighted by Gasteiger charge is -2.32. The van der Waals surface area contributed by atoms with Gasteiger partial charge in [0, 0.05) is 5.56 Å². The minimum atomic E-state index is -3.06. The Hall–Kier alpha value is -0.620. The Morgan fingerprint density at radius 2 is 1.94 bits per heavy atom. The van der Waals surface area contributed by atoms with E-state index in [0.29, 0.717) is 6.54 Å². The fourth-order valence-electron chi connectivity index (χ4n) is 2.03. The van der Waals surface area contributed by atoms with Crippen LogP contribution in [0.2, 0.25) is 0 Å². The van der Waals surface area contributed by atoms with Crippen LogP contribution in [0.25, 0.3) is 0 Å². The lowest BCUT2D eigenvalue weighted by molar-refractivity contribution is -0.0431. The molecule has 94 valence electrons. The molecule has 1 aromatic carbocycles. The molecule has 0 aromatic heterocycles. The van der Waals surface area contributed by atoms with Crippen molar-refractivity contribution in [1.29, 1.82) is 0 Å². The first-order valence-electron chi connectivity index (χ1n) is 5.15. The molecule has 1 heterocycles. The maximum atomic E-state index is 13.6. The minimum absolute atomic E-state index is 0.0593. The van der Waals surface area contributed by atoms with E-state index in [1.165, 1.54) is 12.1 Å². The number of hydrogen-bond acceptors (Lipinski definition) is 1. The first-order valence-corrected chi connectivity index (χ1v) is 5.94. The Bertz CT molecular complexity index is 436. The van der Waals surface area contributed by atoms with Crippen molar-refractivity contribution in [2.24, 2.45) is 0 Å². The van der Waals surface area contributed by atoms with E-state index in [0.717, 1.165) is 0 Å². The van der Waals surface area contributed by atoms with E-state index in [1.54, 1.807) is 0 Å². The number of piperidine rings is 1. The highest BCUT2D eigenvalue weighted by molar-refractivity contribution is 9.10. The predicted molar refractivity (Wildman–Crippen MR) is 59.2 cm³/mol. The molecular formula is C11H10BrF4N. The van der Waals surface area contributed by atoms with Crippen molar-refractivity contribution in [2.45, 2.75) is 18.3 Å². The van der Waals surface area contributed by atoms with Gasteiger partial charge in [-0.3, -0.25) is 0 Å². The molecule has 0 radical (unpaired) electrons. The fourth-order valence-corrected chi connectivity index (χ4v) is 2.34. The third-order valence-electron chi connectivity index (χ3n) is 2.92. The molecule has 1 saturated heterocycles. The van der Waals surface area contributed by atoms with Gasteiger partial charge in [-0.05, 0) is 35.0 Å². The molecule has 1 nitrogen and oxygen atoms in total. The van der Waals surface area contributed by atoms with Gasteiger partial charge in [0.15, 0.2) is 11.6 Å². The van der Waals surface area contributed by atoms with Gasteiger partial charge in [0.2, 0.25) is 0 Å². The summed E-state index contributed by atoms with van der Waals surface area (Å²) in [6.45, 7) is -0.133. The second-order valence-electron chi connectivity index (χ2n) is 4.04. The Labute approximate surface area is 104 Å². The van der Waals surface area contributed by atoms with Gasteiger partial charge in [0.1, 0.15) is 0 Å². The van der Waals surface area contributed by atoms with E-state index in [4.69, 9.17) is 0 Å². The summed E-state index contributed by atoms with van der Waals surface area (Å²) in [6, 6.07) is 2.47. The van der Waals surface area contributed by atoms with Gasteiger partial charge in [-0.25, -0.2) is 17.6 Å². The Balaban J connectivity index is 2.43. The summed E-state index contributed by atoms with van der Waals surface area (Å²) in [7, 11) is 0. The summed E-state index contributed by atoms with van der Waals surface area (Å²) in [5.41, 5.74) is -0.253.